The van der Waals surface area contributed by atoms with Gasteiger partial charge in [0.2, 0.25) is 0 Å². The summed E-state index contributed by atoms with van der Waals surface area (Å²) in [4.78, 5) is 36.8. The Morgan fingerprint density at radius 3 is 1.78 bits per heavy atom. The maximum absolute atomic E-state index is 13.0. The van der Waals surface area contributed by atoms with Gasteiger partial charge in [-0.25, -0.2) is 9.59 Å². The van der Waals surface area contributed by atoms with Gasteiger partial charge in [0.25, 0.3) is 10.1 Å². The molecule has 0 saturated heterocycles. The number of carbonyl (C=O) groups is 3. The van der Waals surface area contributed by atoms with Gasteiger partial charge in [-0.05, 0) is 27.2 Å². The van der Waals surface area contributed by atoms with E-state index in [2.05, 4.69) is 13.2 Å². The Hall–Kier alpha value is -1.20. The number of unbranched alkanes of at least 4 members (excludes halogenated alkanes) is 3. The third-order valence-corrected chi connectivity index (χ3v) is 5.71. The molecule has 9 nitrogen and oxygen atoms in total. The van der Waals surface area contributed by atoms with E-state index in [1.165, 1.54) is 20.8 Å². The topological polar surface area (TPSA) is 133 Å². The quantitative estimate of drug-likeness (QED) is 0.0924. The molecule has 0 bridgehead atoms. The van der Waals surface area contributed by atoms with Crippen molar-refractivity contribution in [1.82, 2.24) is 0 Å². The van der Waals surface area contributed by atoms with Crippen LogP contribution in [0.25, 0.3) is 0 Å². The van der Waals surface area contributed by atoms with E-state index in [0.717, 1.165) is 19.3 Å². The van der Waals surface area contributed by atoms with E-state index in [9.17, 15) is 22.8 Å². The monoisotopic (exact) mass is 486 g/mol. The Kier molecular flexibility index (Phi) is 16.1. The van der Waals surface area contributed by atoms with E-state index in [1.807, 2.05) is 6.92 Å². The molecule has 0 aromatic rings. The molecule has 0 aromatic heterocycles. The Bertz CT molecular complexity index is 744. The number of carbonyl (C=O) groups excluding carboxylic acids is 3. The summed E-state index contributed by atoms with van der Waals surface area (Å²) in [5.41, 5.74) is -1.32. The standard InChI is InChI=1S/C21H34O9S.Na.H/c1-7-8-9-10-11-21(13-29-18(22)15(2)3,14-30-19(23)16(4)5)20(24)28-12-17(6)31(25,26)27;;/h17H,2,4,7-14H2,1,3,5-6H3,(H,25,26,27);;. The van der Waals surface area contributed by atoms with Gasteiger partial charge >= 0.3 is 47.5 Å². The molecule has 0 radical (unpaired) electrons. The number of hydrogen-bond acceptors (Lipinski definition) is 8. The van der Waals surface area contributed by atoms with Crippen molar-refractivity contribution >= 4 is 57.6 Å². The minimum absolute atomic E-state index is 0. The Morgan fingerprint density at radius 1 is 0.938 bits per heavy atom. The van der Waals surface area contributed by atoms with Crippen LogP contribution in [0.2, 0.25) is 0 Å². The Balaban J connectivity index is 0. The zero-order valence-corrected chi connectivity index (χ0v) is 19.6. The fourth-order valence-corrected chi connectivity index (χ4v) is 2.62. The van der Waals surface area contributed by atoms with Gasteiger partial charge in [0.15, 0.2) is 0 Å². The Morgan fingerprint density at radius 2 is 1.41 bits per heavy atom. The van der Waals surface area contributed by atoms with E-state index >= 15 is 0 Å². The molecule has 0 rings (SSSR count). The van der Waals surface area contributed by atoms with Crippen molar-refractivity contribution in [3.05, 3.63) is 24.3 Å². The van der Waals surface area contributed by atoms with Gasteiger partial charge in [0, 0.05) is 11.1 Å². The fourth-order valence-electron chi connectivity index (χ4n) is 2.38. The van der Waals surface area contributed by atoms with Crippen molar-refractivity contribution in [2.24, 2.45) is 5.41 Å². The van der Waals surface area contributed by atoms with Crippen LogP contribution in [-0.4, -0.2) is 85.5 Å². The molecule has 0 aliphatic heterocycles. The van der Waals surface area contributed by atoms with Crippen LogP contribution in [0.5, 0.6) is 0 Å². The second kappa shape index (κ2) is 15.6. The molecule has 0 fully saturated rings. The van der Waals surface area contributed by atoms with Crippen molar-refractivity contribution < 1.29 is 41.6 Å². The predicted octanol–water partition coefficient (Wildman–Crippen LogP) is 2.35. The summed E-state index contributed by atoms with van der Waals surface area (Å²) in [5.74, 6) is -2.37. The van der Waals surface area contributed by atoms with Crippen LogP contribution in [0.1, 0.15) is 59.8 Å². The zero-order chi connectivity index (χ0) is 24.2. The molecule has 1 N–H and O–H groups in total. The van der Waals surface area contributed by atoms with E-state index in [1.54, 1.807) is 0 Å². The van der Waals surface area contributed by atoms with E-state index in [0.29, 0.717) is 6.42 Å². The van der Waals surface area contributed by atoms with Gasteiger partial charge in [-0.3, -0.25) is 9.35 Å². The molecule has 0 aliphatic carbocycles. The summed E-state index contributed by atoms with van der Waals surface area (Å²) in [7, 11) is -4.41. The first-order valence-corrected chi connectivity index (χ1v) is 11.6. The molecule has 0 heterocycles. The fraction of sp³-hybridized carbons (Fsp3) is 0.667. The molecule has 0 aromatic carbocycles. The van der Waals surface area contributed by atoms with Gasteiger partial charge in [-0.15, -0.1) is 0 Å². The average molecular weight is 487 g/mol. The molecular weight excluding hydrogens is 451 g/mol. The van der Waals surface area contributed by atoms with Gasteiger partial charge in [0.1, 0.15) is 30.5 Å². The van der Waals surface area contributed by atoms with Gasteiger partial charge < -0.3 is 14.2 Å². The Labute approximate surface area is 213 Å². The van der Waals surface area contributed by atoms with Crippen molar-refractivity contribution in [2.45, 2.75) is 65.0 Å². The first-order chi connectivity index (χ1) is 14.3. The summed E-state index contributed by atoms with van der Waals surface area (Å²) < 4.78 is 47.1. The van der Waals surface area contributed by atoms with Crippen LogP contribution in [0.15, 0.2) is 24.3 Å². The molecule has 0 amide bonds. The molecule has 1 atom stereocenters. The maximum atomic E-state index is 13.0. The molecule has 0 spiro atoms. The second-order valence-electron chi connectivity index (χ2n) is 7.73. The van der Waals surface area contributed by atoms with Crippen LogP contribution < -0.4 is 0 Å². The number of hydrogen-bond donors (Lipinski definition) is 1. The molecule has 11 heteroatoms. The predicted molar refractivity (Wildman–Crippen MR) is 122 cm³/mol. The van der Waals surface area contributed by atoms with E-state index < -0.39 is 58.5 Å². The molecule has 1 unspecified atom stereocenters. The van der Waals surface area contributed by atoms with Crippen LogP contribution >= 0.6 is 0 Å². The van der Waals surface area contributed by atoms with E-state index in [-0.39, 0.29) is 47.1 Å². The summed E-state index contributed by atoms with van der Waals surface area (Å²) in [5, 5.41) is -1.36. The summed E-state index contributed by atoms with van der Waals surface area (Å²) in [6.45, 7) is 11.5. The molecular formula is C21H35NaO9S. The molecule has 180 valence electrons. The van der Waals surface area contributed by atoms with Crippen LogP contribution in [-0.2, 0) is 38.7 Å². The van der Waals surface area contributed by atoms with Gasteiger partial charge in [-0.2, -0.15) is 8.42 Å². The molecule has 0 saturated carbocycles. The van der Waals surface area contributed by atoms with Crippen LogP contribution in [0.3, 0.4) is 0 Å². The third-order valence-electron chi connectivity index (χ3n) is 4.56. The summed E-state index contributed by atoms with van der Waals surface area (Å²) in [6.07, 6.45) is 3.33. The average Bonchev–Trinajstić information content (AvgIpc) is 2.68. The first kappa shape index (κ1) is 33.0. The first-order valence-electron chi connectivity index (χ1n) is 10.1. The van der Waals surface area contributed by atoms with Crippen LogP contribution in [0.4, 0.5) is 0 Å². The van der Waals surface area contributed by atoms with E-state index in [4.69, 9.17) is 18.8 Å². The van der Waals surface area contributed by atoms with Crippen molar-refractivity contribution in [1.29, 1.82) is 0 Å². The summed E-state index contributed by atoms with van der Waals surface area (Å²) in [6, 6.07) is 0. The van der Waals surface area contributed by atoms with Gasteiger partial charge in [0.05, 0.1) is 0 Å². The summed E-state index contributed by atoms with van der Waals surface area (Å²) >= 11 is 0. The molecule has 32 heavy (non-hydrogen) atoms. The second-order valence-corrected chi connectivity index (χ2v) is 9.56. The molecule has 0 aliphatic rings. The minimum atomic E-state index is -4.41. The number of ether oxygens (including phenoxy) is 3. The SMILES string of the molecule is C=C(C)C(=O)OCC(CCCCCC)(COC(=O)C(=C)C)C(=O)OCC(C)S(=O)(=O)O.[NaH]. The zero-order valence-electron chi connectivity index (χ0n) is 18.8. The van der Waals surface area contributed by atoms with Gasteiger partial charge in [-0.1, -0.05) is 45.8 Å². The number of rotatable bonds is 15. The third kappa shape index (κ3) is 12.2. The normalized spacial score (nSPS) is 12.2. The van der Waals surface area contributed by atoms with Crippen molar-refractivity contribution in [2.75, 3.05) is 19.8 Å². The van der Waals surface area contributed by atoms with Crippen molar-refractivity contribution in [3.8, 4) is 0 Å². The van der Waals surface area contributed by atoms with Crippen molar-refractivity contribution in [3.63, 3.8) is 0 Å². The number of esters is 3. The van der Waals surface area contributed by atoms with Crippen LogP contribution in [0, 0.1) is 5.41 Å².